The van der Waals surface area contributed by atoms with Crippen molar-refractivity contribution in [3.8, 4) is 0 Å². The van der Waals surface area contributed by atoms with Gasteiger partial charge in [-0.05, 0) is 36.6 Å². The molecule has 5 heteroatoms. The Hall–Kier alpha value is -1.85. The van der Waals surface area contributed by atoms with E-state index in [0.29, 0.717) is 5.69 Å². The summed E-state index contributed by atoms with van der Waals surface area (Å²) in [5.41, 5.74) is 3.12. The van der Waals surface area contributed by atoms with Gasteiger partial charge in [0.1, 0.15) is 0 Å². The number of rotatable bonds is 4. The first-order valence-corrected chi connectivity index (χ1v) is 7.64. The fourth-order valence-corrected chi connectivity index (χ4v) is 2.80. The quantitative estimate of drug-likeness (QED) is 0.881. The number of aryl methyl sites for hydroxylation is 1. The second-order valence-electron chi connectivity index (χ2n) is 4.69. The molecule has 0 saturated carbocycles. The molecule has 2 rings (SSSR count). The zero-order chi connectivity index (χ0) is 14.8. The molecule has 0 radical (unpaired) electrons. The van der Waals surface area contributed by atoms with Gasteiger partial charge in [-0.2, -0.15) is 8.42 Å². The zero-order valence-corrected chi connectivity index (χ0v) is 12.3. The minimum atomic E-state index is -4.32. The van der Waals surface area contributed by atoms with E-state index in [9.17, 15) is 13.0 Å². The van der Waals surface area contributed by atoms with Gasteiger partial charge in [-0.3, -0.25) is 4.55 Å². The number of nitrogens with zero attached hydrogens (tertiary/aromatic N) is 1. The van der Waals surface area contributed by atoms with Crippen LogP contribution in [0.15, 0.2) is 48.5 Å². The first kappa shape index (κ1) is 14.6. The van der Waals surface area contributed by atoms with E-state index in [2.05, 4.69) is 0 Å². The van der Waals surface area contributed by atoms with E-state index in [1.165, 1.54) is 0 Å². The lowest BCUT2D eigenvalue weighted by atomic mass is 10.1. The topological polar surface area (TPSA) is 57.6 Å². The van der Waals surface area contributed by atoms with Crippen LogP contribution in [-0.4, -0.2) is 13.0 Å². The fourth-order valence-electron chi connectivity index (χ4n) is 2.05. The lowest BCUT2D eigenvalue weighted by Crippen LogP contribution is -2.30. The summed E-state index contributed by atoms with van der Waals surface area (Å²) in [7, 11) is -4.32. The Balaban J connectivity index is 2.47. The van der Waals surface area contributed by atoms with Gasteiger partial charge in [0.15, 0.2) is 0 Å². The molecule has 0 aliphatic heterocycles. The minimum absolute atomic E-state index is 0.101. The summed E-state index contributed by atoms with van der Waals surface area (Å²) in [5, 5.41) is 0. The van der Waals surface area contributed by atoms with Gasteiger partial charge in [0, 0.05) is 0 Å². The monoisotopic (exact) mass is 291 g/mol. The Kier molecular flexibility index (Phi) is 4.11. The molecule has 4 nitrogen and oxygen atoms in total. The summed E-state index contributed by atoms with van der Waals surface area (Å²) in [6.45, 7) is 3.85. The van der Waals surface area contributed by atoms with Crippen molar-refractivity contribution in [3.63, 3.8) is 0 Å². The molecule has 0 fully saturated rings. The number of hydrogen-bond donors (Lipinski definition) is 1. The Morgan fingerprint density at radius 1 is 1.00 bits per heavy atom. The maximum Gasteiger partial charge on any atom is 0.360 e. The van der Waals surface area contributed by atoms with E-state index in [-0.39, 0.29) is 6.54 Å². The van der Waals surface area contributed by atoms with E-state index >= 15 is 0 Å². The smallest absolute Gasteiger partial charge is 0.269 e. The van der Waals surface area contributed by atoms with Crippen LogP contribution in [0.4, 0.5) is 5.69 Å². The highest BCUT2D eigenvalue weighted by atomic mass is 32.2. The predicted molar refractivity (Wildman–Crippen MR) is 80.1 cm³/mol. The van der Waals surface area contributed by atoms with Crippen LogP contribution >= 0.6 is 0 Å². The van der Waals surface area contributed by atoms with Crippen LogP contribution in [-0.2, 0) is 16.8 Å². The molecule has 0 saturated heterocycles. The molecule has 106 valence electrons. The highest BCUT2D eigenvalue weighted by Crippen LogP contribution is 2.26. The lowest BCUT2D eigenvalue weighted by molar-refractivity contribution is 0.477. The van der Waals surface area contributed by atoms with Crippen LogP contribution in [0.25, 0.3) is 0 Å². The van der Waals surface area contributed by atoms with Gasteiger partial charge < -0.3 is 0 Å². The minimum Gasteiger partial charge on any atom is -0.269 e. The molecule has 0 spiro atoms. The van der Waals surface area contributed by atoms with Crippen molar-refractivity contribution in [1.82, 2.24) is 0 Å². The van der Waals surface area contributed by atoms with Crippen LogP contribution in [0.3, 0.4) is 0 Å². The molecule has 0 aliphatic carbocycles. The molecule has 0 amide bonds. The summed E-state index contributed by atoms with van der Waals surface area (Å²) in [6, 6.07) is 14.6. The van der Waals surface area contributed by atoms with Crippen LogP contribution in [0.1, 0.15) is 16.7 Å². The van der Waals surface area contributed by atoms with Crippen molar-refractivity contribution >= 4 is 16.0 Å². The largest absolute Gasteiger partial charge is 0.360 e. The van der Waals surface area contributed by atoms with E-state index in [4.69, 9.17) is 0 Å². The first-order chi connectivity index (χ1) is 9.39. The molecule has 0 atom stereocenters. The van der Waals surface area contributed by atoms with Crippen LogP contribution in [0, 0.1) is 13.8 Å². The molecule has 0 aromatic heterocycles. The third-order valence-corrected chi connectivity index (χ3v) is 4.18. The van der Waals surface area contributed by atoms with Gasteiger partial charge in [-0.15, -0.1) is 0 Å². The second-order valence-corrected chi connectivity index (χ2v) is 6.03. The Bertz CT molecular complexity index is 696. The standard InChI is InChI=1S/C15H17NO3S/c1-12-7-6-10-15(13(12)2)16(20(17,18)19)11-14-8-4-3-5-9-14/h3-10H,11H2,1-2H3,(H,17,18,19). The van der Waals surface area contributed by atoms with E-state index < -0.39 is 10.3 Å². The summed E-state index contributed by atoms with van der Waals surface area (Å²) in [5.74, 6) is 0. The van der Waals surface area contributed by atoms with Gasteiger partial charge in [-0.1, -0.05) is 42.5 Å². The van der Waals surface area contributed by atoms with E-state index in [0.717, 1.165) is 21.0 Å². The van der Waals surface area contributed by atoms with Gasteiger partial charge in [0.05, 0.1) is 12.2 Å². The predicted octanol–water partition coefficient (Wildman–Crippen LogP) is 3.11. The average Bonchev–Trinajstić information content (AvgIpc) is 2.40. The van der Waals surface area contributed by atoms with Crippen LogP contribution in [0.2, 0.25) is 0 Å². The van der Waals surface area contributed by atoms with E-state index in [1.807, 2.05) is 50.2 Å². The molecular formula is C15H17NO3S. The summed E-state index contributed by atoms with van der Waals surface area (Å²) >= 11 is 0. The Morgan fingerprint density at radius 3 is 2.25 bits per heavy atom. The zero-order valence-electron chi connectivity index (χ0n) is 11.4. The molecule has 2 aromatic carbocycles. The maximum atomic E-state index is 11.7. The molecule has 20 heavy (non-hydrogen) atoms. The van der Waals surface area contributed by atoms with Crippen molar-refractivity contribution in [2.24, 2.45) is 0 Å². The van der Waals surface area contributed by atoms with Gasteiger partial charge in [0.25, 0.3) is 0 Å². The summed E-state index contributed by atoms with van der Waals surface area (Å²) in [4.78, 5) is 0. The Morgan fingerprint density at radius 2 is 1.65 bits per heavy atom. The van der Waals surface area contributed by atoms with Crippen molar-refractivity contribution in [2.75, 3.05) is 4.31 Å². The molecular weight excluding hydrogens is 274 g/mol. The molecule has 2 aromatic rings. The molecule has 0 bridgehead atoms. The molecule has 0 heterocycles. The Labute approximate surface area is 119 Å². The van der Waals surface area contributed by atoms with Crippen molar-refractivity contribution in [3.05, 3.63) is 65.2 Å². The van der Waals surface area contributed by atoms with Crippen molar-refractivity contribution < 1.29 is 13.0 Å². The maximum absolute atomic E-state index is 11.7. The fraction of sp³-hybridized carbons (Fsp3) is 0.200. The van der Waals surface area contributed by atoms with Gasteiger partial charge in [0.2, 0.25) is 0 Å². The van der Waals surface area contributed by atoms with Crippen molar-refractivity contribution in [2.45, 2.75) is 20.4 Å². The summed E-state index contributed by atoms with van der Waals surface area (Å²) in [6.07, 6.45) is 0. The number of hydrogen-bond acceptors (Lipinski definition) is 2. The van der Waals surface area contributed by atoms with Gasteiger partial charge >= 0.3 is 10.3 Å². The number of anilines is 1. The normalized spacial score (nSPS) is 11.3. The number of benzene rings is 2. The molecule has 0 aliphatic rings. The lowest BCUT2D eigenvalue weighted by Gasteiger charge is -2.23. The SMILES string of the molecule is Cc1cccc(N(Cc2ccccc2)S(=O)(=O)O)c1C. The van der Waals surface area contributed by atoms with Crippen LogP contribution in [0.5, 0.6) is 0 Å². The third-order valence-electron chi connectivity index (χ3n) is 3.29. The highest BCUT2D eigenvalue weighted by Gasteiger charge is 2.21. The second kappa shape index (κ2) is 5.64. The molecule has 0 unspecified atom stereocenters. The average molecular weight is 291 g/mol. The third kappa shape index (κ3) is 3.18. The first-order valence-electron chi connectivity index (χ1n) is 6.25. The van der Waals surface area contributed by atoms with Gasteiger partial charge in [-0.25, -0.2) is 4.31 Å². The molecule has 1 N–H and O–H groups in total. The van der Waals surface area contributed by atoms with E-state index in [1.54, 1.807) is 12.1 Å². The van der Waals surface area contributed by atoms with Crippen molar-refractivity contribution in [1.29, 1.82) is 0 Å². The van der Waals surface area contributed by atoms with Crippen LogP contribution < -0.4 is 4.31 Å². The highest BCUT2D eigenvalue weighted by molar-refractivity contribution is 7.87. The summed E-state index contributed by atoms with van der Waals surface area (Å²) < 4.78 is 33.9.